The summed E-state index contributed by atoms with van der Waals surface area (Å²) in [5, 5.41) is 8.50. The van der Waals surface area contributed by atoms with Crippen LogP contribution in [0, 0.1) is 0 Å². The summed E-state index contributed by atoms with van der Waals surface area (Å²) in [4.78, 5) is 0. The Bertz CT molecular complexity index is 538. The first-order chi connectivity index (χ1) is 9.90. The van der Waals surface area contributed by atoms with E-state index in [-0.39, 0.29) is 0 Å². The summed E-state index contributed by atoms with van der Waals surface area (Å²) in [6, 6.07) is 17.5. The van der Waals surface area contributed by atoms with Crippen LogP contribution in [-0.4, -0.2) is 6.61 Å². The SMILES string of the molecule is CCCCCOc1ccccc1N=Nc1ccccc1. The van der Waals surface area contributed by atoms with Gasteiger partial charge in [-0.3, -0.25) is 0 Å². The lowest BCUT2D eigenvalue weighted by atomic mass is 10.2. The quantitative estimate of drug-likeness (QED) is 0.470. The number of benzene rings is 2. The molecule has 0 saturated carbocycles. The molecule has 3 heteroatoms. The van der Waals surface area contributed by atoms with E-state index in [2.05, 4.69) is 17.2 Å². The number of rotatable bonds is 7. The van der Waals surface area contributed by atoms with E-state index >= 15 is 0 Å². The molecule has 104 valence electrons. The molecule has 0 heterocycles. The third-order valence-electron chi connectivity index (χ3n) is 2.90. The van der Waals surface area contributed by atoms with Gasteiger partial charge in [-0.1, -0.05) is 50.1 Å². The Hall–Kier alpha value is -2.16. The molecule has 3 nitrogen and oxygen atoms in total. The van der Waals surface area contributed by atoms with Crippen molar-refractivity contribution in [1.29, 1.82) is 0 Å². The lowest BCUT2D eigenvalue weighted by molar-refractivity contribution is 0.307. The largest absolute Gasteiger partial charge is 0.491 e. The predicted octanol–water partition coefficient (Wildman–Crippen LogP) is 5.67. The Morgan fingerprint density at radius 3 is 2.40 bits per heavy atom. The zero-order valence-corrected chi connectivity index (χ0v) is 11.8. The number of hydrogen-bond acceptors (Lipinski definition) is 3. The minimum atomic E-state index is 0.728. The summed E-state index contributed by atoms with van der Waals surface area (Å²) in [6.07, 6.45) is 3.45. The maximum atomic E-state index is 5.77. The molecule has 0 N–H and O–H groups in total. The first-order valence-electron chi connectivity index (χ1n) is 7.09. The van der Waals surface area contributed by atoms with E-state index in [1.807, 2.05) is 54.6 Å². The van der Waals surface area contributed by atoms with E-state index in [1.54, 1.807) is 0 Å². The van der Waals surface area contributed by atoms with Gasteiger partial charge in [0.25, 0.3) is 0 Å². The summed E-state index contributed by atoms with van der Waals surface area (Å²) < 4.78 is 5.77. The van der Waals surface area contributed by atoms with Crippen molar-refractivity contribution in [3.8, 4) is 5.75 Å². The topological polar surface area (TPSA) is 34.0 Å². The fraction of sp³-hybridized carbons (Fsp3) is 0.294. The third-order valence-corrected chi connectivity index (χ3v) is 2.90. The van der Waals surface area contributed by atoms with Crippen molar-refractivity contribution in [3.05, 3.63) is 54.6 Å². The van der Waals surface area contributed by atoms with Crippen molar-refractivity contribution in [3.63, 3.8) is 0 Å². The normalized spacial score (nSPS) is 10.8. The van der Waals surface area contributed by atoms with Gasteiger partial charge in [0.15, 0.2) is 0 Å². The van der Waals surface area contributed by atoms with E-state index in [4.69, 9.17) is 4.74 Å². The fourth-order valence-electron chi connectivity index (χ4n) is 1.80. The van der Waals surface area contributed by atoms with Crippen LogP contribution in [0.5, 0.6) is 5.75 Å². The van der Waals surface area contributed by atoms with Crippen LogP contribution in [0.3, 0.4) is 0 Å². The van der Waals surface area contributed by atoms with Gasteiger partial charge < -0.3 is 4.74 Å². The zero-order valence-electron chi connectivity index (χ0n) is 11.8. The van der Waals surface area contributed by atoms with Crippen molar-refractivity contribution < 1.29 is 4.74 Å². The van der Waals surface area contributed by atoms with Gasteiger partial charge in [0.2, 0.25) is 0 Å². The molecular formula is C17H20N2O. The maximum absolute atomic E-state index is 5.77. The molecule has 0 aliphatic rings. The van der Waals surface area contributed by atoms with E-state index in [1.165, 1.54) is 12.8 Å². The molecule has 2 aromatic carbocycles. The molecule has 2 aromatic rings. The molecule has 0 aliphatic heterocycles. The smallest absolute Gasteiger partial charge is 0.146 e. The van der Waals surface area contributed by atoms with Crippen LogP contribution in [-0.2, 0) is 0 Å². The van der Waals surface area contributed by atoms with Crippen LogP contribution in [0.25, 0.3) is 0 Å². The lowest BCUT2D eigenvalue weighted by Crippen LogP contribution is -1.96. The summed E-state index contributed by atoms with van der Waals surface area (Å²) in [7, 11) is 0. The van der Waals surface area contributed by atoms with E-state index in [9.17, 15) is 0 Å². The number of nitrogens with zero attached hydrogens (tertiary/aromatic N) is 2. The highest BCUT2D eigenvalue weighted by Crippen LogP contribution is 2.28. The highest BCUT2D eigenvalue weighted by molar-refractivity contribution is 5.51. The van der Waals surface area contributed by atoms with Crippen molar-refractivity contribution >= 4 is 11.4 Å². The third kappa shape index (κ3) is 4.50. The minimum absolute atomic E-state index is 0.728. The second kappa shape index (κ2) is 8.10. The van der Waals surface area contributed by atoms with E-state index in [0.717, 1.165) is 30.2 Å². The monoisotopic (exact) mass is 268 g/mol. The summed E-state index contributed by atoms with van der Waals surface area (Å²) in [5.74, 6) is 0.795. The van der Waals surface area contributed by atoms with Crippen molar-refractivity contribution in [2.75, 3.05) is 6.61 Å². The van der Waals surface area contributed by atoms with Crippen LogP contribution >= 0.6 is 0 Å². The Kier molecular flexibility index (Phi) is 5.77. The van der Waals surface area contributed by atoms with Gasteiger partial charge in [-0.15, -0.1) is 5.11 Å². The maximum Gasteiger partial charge on any atom is 0.146 e. The van der Waals surface area contributed by atoms with Crippen molar-refractivity contribution in [2.24, 2.45) is 10.2 Å². The number of hydrogen-bond donors (Lipinski definition) is 0. The number of para-hydroxylation sites is 1. The lowest BCUT2D eigenvalue weighted by Gasteiger charge is -2.07. The minimum Gasteiger partial charge on any atom is -0.491 e. The second-order valence-electron chi connectivity index (χ2n) is 4.56. The molecule has 0 bridgehead atoms. The van der Waals surface area contributed by atoms with E-state index < -0.39 is 0 Å². The van der Waals surface area contributed by atoms with Crippen LogP contribution in [0.2, 0.25) is 0 Å². The molecule has 0 fully saturated rings. The van der Waals surface area contributed by atoms with Crippen molar-refractivity contribution in [2.45, 2.75) is 26.2 Å². The Balaban J connectivity index is 2.02. The Morgan fingerprint density at radius 1 is 0.850 bits per heavy atom. The highest BCUT2D eigenvalue weighted by atomic mass is 16.5. The fourth-order valence-corrected chi connectivity index (χ4v) is 1.80. The summed E-state index contributed by atoms with van der Waals surface area (Å²) in [6.45, 7) is 2.91. The summed E-state index contributed by atoms with van der Waals surface area (Å²) >= 11 is 0. The second-order valence-corrected chi connectivity index (χ2v) is 4.56. The van der Waals surface area contributed by atoms with Gasteiger partial charge in [-0.05, 0) is 30.7 Å². The molecule has 20 heavy (non-hydrogen) atoms. The van der Waals surface area contributed by atoms with Crippen LogP contribution in [0.1, 0.15) is 26.2 Å². The van der Waals surface area contributed by atoms with Crippen LogP contribution in [0.4, 0.5) is 11.4 Å². The molecule has 0 radical (unpaired) electrons. The van der Waals surface area contributed by atoms with Gasteiger partial charge in [0.05, 0.1) is 12.3 Å². The standard InChI is InChI=1S/C17H20N2O/c1-2-3-9-14-20-17-13-8-7-12-16(17)19-18-15-10-5-4-6-11-15/h4-8,10-13H,2-3,9,14H2,1H3. The average molecular weight is 268 g/mol. The van der Waals surface area contributed by atoms with Gasteiger partial charge in [-0.25, -0.2) is 0 Å². The average Bonchev–Trinajstić information content (AvgIpc) is 2.51. The summed E-state index contributed by atoms with van der Waals surface area (Å²) in [5.41, 5.74) is 1.61. The zero-order chi connectivity index (χ0) is 14.0. The molecule has 2 rings (SSSR count). The molecule has 0 aromatic heterocycles. The molecule has 0 amide bonds. The van der Waals surface area contributed by atoms with Crippen LogP contribution in [0.15, 0.2) is 64.8 Å². The van der Waals surface area contributed by atoms with Crippen LogP contribution < -0.4 is 4.74 Å². The first-order valence-corrected chi connectivity index (χ1v) is 7.09. The Labute approximate surface area is 120 Å². The molecular weight excluding hydrogens is 248 g/mol. The first kappa shape index (κ1) is 14.3. The van der Waals surface area contributed by atoms with E-state index in [0.29, 0.717) is 0 Å². The molecule has 0 unspecified atom stereocenters. The van der Waals surface area contributed by atoms with Gasteiger partial charge in [0, 0.05) is 0 Å². The Morgan fingerprint density at radius 2 is 1.60 bits per heavy atom. The highest BCUT2D eigenvalue weighted by Gasteiger charge is 2.01. The molecule has 0 spiro atoms. The molecule has 0 saturated heterocycles. The molecule has 0 atom stereocenters. The predicted molar refractivity (Wildman–Crippen MR) is 82.1 cm³/mol. The number of ether oxygens (including phenoxy) is 1. The van der Waals surface area contributed by atoms with Gasteiger partial charge in [-0.2, -0.15) is 5.11 Å². The van der Waals surface area contributed by atoms with Gasteiger partial charge >= 0.3 is 0 Å². The molecule has 0 aliphatic carbocycles. The number of azo groups is 1. The number of unbranched alkanes of at least 4 members (excludes halogenated alkanes) is 2. The van der Waals surface area contributed by atoms with Crippen molar-refractivity contribution in [1.82, 2.24) is 0 Å². The van der Waals surface area contributed by atoms with Gasteiger partial charge in [0.1, 0.15) is 11.4 Å².